The number of likely N-dealkylation sites (N-methyl/N-ethyl adjacent to an activating group) is 1. The fourth-order valence-corrected chi connectivity index (χ4v) is 7.84. The van der Waals surface area contributed by atoms with Crippen LogP contribution in [-0.2, 0) is 32.5 Å². The van der Waals surface area contributed by atoms with Crippen molar-refractivity contribution in [3.63, 3.8) is 0 Å². The first-order valence-electron chi connectivity index (χ1n) is 16.1. The molecule has 3 amide bonds. The molecule has 51 heavy (non-hydrogen) atoms. The van der Waals surface area contributed by atoms with Gasteiger partial charge in [-0.05, 0) is 55.3 Å². The Balaban J connectivity index is 1.47. The van der Waals surface area contributed by atoms with Crippen LogP contribution in [0.5, 0.6) is 0 Å². The summed E-state index contributed by atoms with van der Waals surface area (Å²) in [5.74, 6) is -2.17. The van der Waals surface area contributed by atoms with Crippen LogP contribution in [0.1, 0.15) is 32.6 Å². The van der Waals surface area contributed by atoms with Gasteiger partial charge in [-0.25, -0.2) is 12.7 Å². The maximum atomic E-state index is 15.1. The van der Waals surface area contributed by atoms with E-state index >= 15 is 4.79 Å². The lowest BCUT2D eigenvalue weighted by molar-refractivity contribution is -0.137. The summed E-state index contributed by atoms with van der Waals surface area (Å²) < 4.78 is 34.5. The smallest absolute Gasteiger partial charge is 0.267 e. The Morgan fingerprint density at radius 2 is 1.53 bits per heavy atom. The topological polar surface area (TPSA) is 173 Å². The first-order chi connectivity index (χ1) is 24.4. The molecule has 0 saturated heterocycles. The second kappa shape index (κ2) is 14.4. The molecule has 2 atom stereocenters. The van der Waals surface area contributed by atoms with Gasteiger partial charge in [0.15, 0.2) is 0 Å². The largest absolute Gasteiger partial charge is 0.368 e. The van der Waals surface area contributed by atoms with Gasteiger partial charge >= 0.3 is 0 Å². The van der Waals surface area contributed by atoms with E-state index in [-0.39, 0.29) is 17.7 Å². The minimum absolute atomic E-state index is 0.0994. The van der Waals surface area contributed by atoms with Crippen molar-refractivity contribution >= 4 is 38.6 Å². The molecular formula is C38H36N6O6S. The molecule has 12 nitrogen and oxygen atoms in total. The number of H-pyrrole nitrogens is 1. The number of aryl methyl sites for hydroxylation is 2. The molecule has 260 valence electrons. The standard InChI is InChI=1S/C38H36N6O6S/c1-24-17-25(2)19-28(18-24)37(46)43(3)34(20-26-13-15-27(16-14-26)36-41-23-50-42-36)38(47)44(51(48,49)30-9-5-4-6-10-30)33(35(39)45)21-29-22-40-32-12-8-7-11-31(29)32/h4-19,22-23,33-34,40H,20-21H2,1-3H3,(H2,39,45)/t33-,34-/m0/s1. The fraction of sp³-hybridized carbons (Fsp3) is 0.184. The molecule has 0 aliphatic carbocycles. The number of carbonyl (C=O) groups is 3. The number of hydrogen-bond acceptors (Lipinski definition) is 8. The average Bonchev–Trinajstić information content (AvgIpc) is 3.81. The summed E-state index contributed by atoms with van der Waals surface area (Å²) in [7, 11) is -3.26. The molecular weight excluding hydrogens is 669 g/mol. The van der Waals surface area contributed by atoms with Crippen LogP contribution in [0.25, 0.3) is 22.3 Å². The second-order valence-corrected chi connectivity index (χ2v) is 14.2. The fourth-order valence-electron chi connectivity index (χ4n) is 6.24. The maximum Gasteiger partial charge on any atom is 0.267 e. The van der Waals surface area contributed by atoms with E-state index in [9.17, 15) is 18.0 Å². The van der Waals surface area contributed by atoms with Crippen molar-refractivity contribution < 1.29 is 27.3 Å². The van der Waals surface area contributed by atoms with Crippen molar-refractivity contribution in [2.24, 2.45) is 5.73 Å². The van der Waals surface area contributed by atoms with Crippen LogP contribution >= 0.6 is 0 Å². The van der Waals surface area contributed by atoms with Crippen LogP contribution in [0.3, 0.4) is 0 Å². The Morgan fingerprint density at radius 1 is 0.863 bits per heavy atom. The summed E-state index contributed by atoms with van der Waals surface area (Å²) in [6.07, 6.45) is 2.56. The van der Waals surface area contributed by atoms with Crippen molar-refractivity contribution in [2.75, 3.05) is 7.05 Å². The zero-order chi connectivity index (χ0) is 36.3. The number of hydrogen-bond donors (Lipinski definition) is 2. The molecule has 0 spiro atoms. The first-order valence-corrected chi connectivity index (χ1v) is 17.6. The molecule has 0 radical (unpaired) electrons. The quantitative estimate of drug-likeness (QED) is 0.182. The van der Waals surface area contributed by atoms with E-state index < -0.39 is 39.8 Å². The van der Waals surface area contributed by atoms with Crippen LogP contribution < -0.4 is 5.73 Å². The van der Waals surface area contributed by atoms with Crippen molar-refractivity contribution in [3.05, 3.63) is 137 Å². The number of carbonyl (C=O) groups excluding carboxylic acids is 3. The molecule has 13 heteroatoms. The number of benzene rings is 4. The monoisotopic (exact) mass is 704 g/mol. The van der Waals surface area contributed by atoms with Crippen LogP contribution in [0.4, 0.5) is 0 Å². The third-order valence-electron chi connectivity index (χ3n) is 8.76. The normalized spacial score (nSPS) is 12.7. The van der Waals surface area contributed by atoms with E-state index in [4.69, 9.17) is 10.3 Å². The summed E-state index contributed by atoms with van der Waals surface area (Å²) in [6, 6.07) is 23.9. The number of nitrogens with zero attached hydrogens (tertiary/aromatic N) is 4. The molecule has 6 aromatic rings. The zero-order valence-electron chi connectivity index (χ0n) is 28.2. The van der Waals surface area contributed by atoms with Gasteiger partial charge in [0.05, 0.1) is 4.90 Å². The summed E-state index contributed by atoms with van der Waals surface area (Å²) in [5, 5.41) is 4.60. The van der Waals surface area contributed by atoms with E-state index in [0.717, 1.165) is 22.0 Å². The minimum atomic E-state index is -4.70. The predicted molar refractivity (Wildman–Crippen MR) is 191 cm³/mol. The van der Waals surface area contributed by atoms with Gasteiger partial charge in [-0.1, -0.05) is 83.0 Å². The summed E-state index contributed by atoms with van der Waals surface area (Å²) in [5.41, 5.74) is 10.6. The van der Waals surface area contributed by atoms with Gasteiger partial charge in [-0.2, -0.15) is 4.98 Å². The van der Waals surface area contributed by atoms with Crippen molar-refractivity contribution in [1.29, 1.82) is 0 Å². The number of sulfonamides is 1. The van der Waals surface area contributed by atoms with E-state index in [1.54, 1.807) is 48.7 Å². The molecule has 0 unspecified atom stereocenters. The lowest BCUT2D eigenvalue weighted by atomic mass is 9.99. The first kappa shape index (κ1) is 34.8. The van der Waals surface area contributed by atoms with E-state index in [1.807, 2.05) is 44.2 Å². The van der Waals surface area contributed by atoms with Crippen molar-refractivity contribution in [1.82, 2.24) is 24.3 Å². The van der Waals surface area contributed by atoms with Crippen molar-refractivity contribution in [2.45, 2.75) is 43.7 Å². The average molecular weight is 705 g/mol. The molecule has 0 aliphatic heterocycles. The SMILES string of the molecule is Cc1cc(C)cc(C(=O)N(C)[C@@H](Cc2ccc(-c3ncon3)cc2)C(=O)N([C@@H](Cc2c[nH]c3ccccc23)C(N)=O)S(=O)(=O)c2ccccc2)c1. The molecule has 3 N–H and O–H groups in total. The molecule has 6 rings (SSSR count). The van der Waals surface area contributed by atoms with Gasteiger partial charge in [0.1, 0.15) is 12.1 Å². The third kappa shape index (κ3) is 7.29. The van der Waals surface area contributed by atoms with Crippen LogP contribution in [-0.4, -0.2) is 69.6 Å². The number of primary amides is 1. The molecule has 0 aliphatic rings. The number of rotatable bonds is 12. The van der Waals surface area contributed by atoms with E-state index in [2.05, 4.69) is 15.1 Å². The zero-order valence-corrected chi connectivity index (χ0v) is 29.0. The summed E-state index contributed by atoms with van der Waals surface area (Å²) in [6.45, 7) is 3.71. The molecule has 2 aromatic heterocycles. The highest BCUT2D eigenvalue weighted by Gasteiger charge is 2.44. The predicted octanol–water partition coefficient (Wildman–Crippen LogP) is 4.83. The maximum absolute atomic E-state index is 15.1. The van der Waals surface area contributed by atoms with Crippen LogP contribution in [0, 0.1) is 13.8 Å². The lowest BCUT2D eigenvalue weighted by Gasteiger charge is -2.35. The van der Waals surface area contributed by atoms with Gasteiger partial charge < -0.3 is 20.1 Å². The summed E-state index contributed by atoms with van der Waals surface area (Å²) >= 11 is 0. The number of aromatic nitrogens is 3. The van der Waals surface area contributed by atoms with Crippen LogP contribution in [0.15, 0.2) is 119 Å². The Kier molecular flexibility index (Phi) is 9.83. The highest BCUT2D eigenvalue weighted by Crippen LogP contribution is 2.28. The highest BCUT2D eigenvalue weighted by atomic mass is 32.2. The number of amides is 3. The Hall–Kier alpha value is -6.08. The lowest BCUT2D eigenvalue weighted by Crippen LogP contribution is -2.58. The van der Waals surface area contributed by atoms with E-state index in [1.165, 1.54) is 42.6 Å². The molecule has 0 bridgehead atoms. The van der Waals surface area contributed by atoms with Gasteiger partial charge in [0, 0.05) is 48.1 Å². The Labute approximate surface area is 294 Å². The minimum Gasteiger partial charge on any atom is -0.368 e. The molecule has 0 fully saturated rings. The molecule has 2 heterocycles. The number of nitrogens with one attached hydrogen (secondary N) is 1. The van der Waals surface area contributed by atoms with Gasteiger partial charge in [0.2, 0.25) is 18.1 Å². The van der Waals surface area contributed by atoms with Gasteiger partial charge in [0.25, 0.3) is 21.8 Å². The molecule has 0 saturated carbocycles. The van der Waals surface area contributed by atoms with Crippen LogP contribution in [0.2, 0.25) is 0 Å². The molecule has 4 aromatic carbocycles. The summed E-state index contributed by atoms with van der Waals surface area (Å²) in [4.78, 5) is 50.8. The Bertz CT molecular complexity index is 2280. The Morgan fingerprint density at radius 3 is 2.18 bits per heavy atom. The second-order valence-electron chi connectivity index (χ2n) is 12.4. The van der Waals surface area contributed by atoms with Gasteiger partial charge in [-0.15, -0.1) is 0 Å². The third-order valence-corrected chi connectivity index (χ3v) is 10.6. The number of fused-ring (bicyclic) bond motifs is 1. The van der Waals surface area contributed by atoms with E-state index in [0.29, 0.717) is 32.4 Å². The van der Waals surface area contributed by atoms with Crippen molar-refractivity contribution in [3.8, 4) is 11.4 Å². The van der Waals surface area contributed by atoms with Gasteiger partial charge in [-0.3, -0.25) is 14.4 Å². The highest BCUT2D eigenvalue weighted by molar-refractivity contribution is 7.89. The number of nitrogens with two attached hydrogens (primary N) is 1. The number of para-hydroxylation sites is 1. The number of aromatic amines is 1.